The zero-order valence-corrected chi connectivity index (χ0v) is 25.6. The Morgan fingerprint density at radius 3 is 1.54 bits per heavy atom. The Morgan fingerprint density at radius 1 is 0.622 bits per heavy atom. The molecule has 3 atom stereocenters. The Kier molecular flexibility index (Phi) is 17.8. The van der Waals surface area contributed by atoms with Gasteiger partial charge in [0.2, 0.25) is 0 Å². The zero-order chi connectivity index (χ0) is 28.5. The molecule has 0 aliphatic heterocycles. The van der Waals surface area contributed by atoms with Crippen molar-refractivity contribution in [1.82, 2.24) is 0 Å². The van der Waals surface area contributed by atoms with E-state index in [2.05, 4.69) is 48.5 Å². The highest BCUT2D eigenvalue weighted by molar-refractivity contribution is 5.71. The Morgan fingerprint density at radius 2 is 1.05 bits per heavy atom. The van der Waals surface area contributed by atoms with E-state index in [4.69, 9.17) is 14.2 Å². The highest BCUT2D eigenvalue weighted by atomic mass is 16.6. The van der Waals surface area contributed by atoms with E-state index in [-0.39, 0.29) is 60.2 Å². The molecule has 218 valence electrons. The summed E-state index contributed by atoms with van der Waals surface area (Å²) in [6.45, 7) is 18.9. The van der Waals surface area contributed by atoms with Crippen molar-refractivity contribution in [3.05, 3.63) is 0 Å². The summed E-state index contributed by atoms with van der Waals surface area (Å²) < 4.78 is 16.5. The molecule has 0 aromatic rings. The Bertz CT molecular complexity index is 643. The van der Waals surface area contributed by atoms with Crippen LogP contribution in [0.4, 0.5) is 0 Å². The first-order chi connectivity index (χ1) is 17.1. The van der Waals surface area contributed by atoms with Crippen molar-refractivity contribution in [1.29, 1.82) is 0 Å². The summed E-state index contributed by atoms with van der Waals surface area (Å²) in [5, 5.41) is 0. The Balaban J connectivity index is 4.73. The van der Waals surface area contributed by atoms with Crippen LogP contribution in [0.2, 0.25) is 0 Å². The maximum atomic E-state index is 12.6. The summed E-state index contributed by atoms with van der Waals surface area (Å²) in [6.07, 6.45) is 9.78. The third-order valence-corrected chi connectivity index (χ3v) is 6.09. The summed E-state index contributed by atoms with van der Waals surface area (Å²) in [7, 11) is 0. The Hall–Kier alpha value is -1.59. The van der Waals surface area contributed by atoms with Gasteiger partial charge in [0, 0.05) is 19.3 Å². The van der Waals surface area contributed by atoms with Gasteiger partial charge in [0.1, 0.15) is 13.2 Å². The predicted octanol–water partition coefficient (Wildman–Crippen LogP) is 8.05. The lowest BCUT2D eigenvalue weighted by Crippen LogP contribution is -2.32. The number of unbranched alkanes of at least 4 members (excludes halogenated alkanes) is 6. The molecule has 6 nitrogen and oxygen atoms in total. The highest BCUT2D eigenvalue weighted by Crippen LogP contribution is 2.27. The first kappa shape index (κ1) is 35.4. The van der Waals surface area contributed by atoms with Crippen LogP contribution in [-0.4, -0.2) is 37.2 Å². The quantitative estimate of drug-likeness (QED) is 0.0962. The molecule has 0 aliphatic carbocycles. The van der Waals surface area contributed by atoms with Crippen molar-refractivity contribution in [2.75, 3.05) is 13.2 Å². The summed E-state index contributed by atoms with van der Waals surface area (Å²) >= 11 is 0. The normalized spacial score (nSPS) is 14.5. The van der Waals surface area contributed by atoms with Gasteiger partial charge in [-0.3, -0.25) is 14.4 Å². The number of hydrogen-bond acceptors (Lipinski definition) is 6. The van der Waals surface area contributed by atoms with Gasteiger partial charge in [-0.2, -0.15) is 0 Å². The molecule has 0 aromatic heterocycles. The highest BCUT2D eigenvalue weighted by Gasteiger charge is 2.24. The molecule has 0 saturated carbocycles. The van der Waals surface area contributed by atoms with E-state index >= 15 is 0 Å². The van der Waals surface area contributed by atoms with Crippen LogP contribution >= 0.6 is 0 Å². The number of carbonyl (C=O) groups excluding carboxylic acids is 3. The monoisotopic (exact) mass is 526 g/mol. The van der Waals surface area contributed by atoms with E-state index in [1.54, 1.807) is 0 Å². The molecule has 0 heterocycles. The van der Waals surface area contributed by atoms with Gasteiger partial charge in [-0.25, -0.2) is 0 Å². The predicted molar refractivity (Wildman–Crippen MR) is 150 cm³/mol. The third-order valence-electron chi connectivity index (χ3n) is 6.09. The molecule has 0 saturated heterocycles. The van der Waals surface area contributed by atoms with E-state index in [0.717, 1.165) is 32.1 Å². The van der Waals surface area contributed by atoms with Crippen molar-refractivity contribution < 1.29 is 28.6 Å². The van der Waals surface area contributed by atoms with E-state index in [1.165, 1.54) is 25.7 Å². The molecule has 0 N–H and O–H groups in total. The van der Waals surface area contributed by atoms with Crippen molar-refractivity contribution in [2.45, 2.75) is 145 Å². The minimum Gasteiger partial charge on any atom is -0.462 e. The smallest absolute Gasteiger partial charge is 0.306 e. The second kappa shape index (κ2) is 18.6. The number of esters is 3. The minimum atomic E-state index is -0.797. The maximum Gasteiger partial charge on any atom is 0.306 e. The van der Waals surface area contributed by atoms with Crippen LogP contribution in [0.5, 0.6) is 0 Å². The van der Waals surface area contributed by atoms with Crippen LogP contribution in [0.3, 0.4) is 0 Å². The van der Waals surface area contributed by atoms with Crippen LogP contribution < -0.4 is 0 Å². The Labute approximate surface area is 228 Å². The summed E-state index contributed by atoms with van der Waals surface area (Å²) in [5.41, 5.74) is 0.245. The lowest BCUT2D eigenvalue weighted by atomic mass is 9.84. The molecule has 0 spiro atoms. The van der Waals surface area contributed by atoms with E-state index in [9.17, 15) is 14.4 Å². The van der Waals surface area contributed by atoms with Crippen LogP contribution in [0.25, 0.3) is 0 Å². The lowest BCUT2D eigenvalue weighted by molar-refractivity contribution is -0.167. The first-order valence-electron chi connectivity index (χ1n) is 14.6. The molecule has 0 bridgehead atoms. The molecule has 0 radical (unpaired) electrons. The van der Waals surface area contributed by atoms with Gasteiger partial charge in [-0.1, -0.05) is 101 Å². The second-order valence-corrected chi connectivity index (χ2v) is 13.5. The molecule has 0 amide bonds. The van der Waals surface area contributed by atoms with E-state index in [1.807, 2.05) is 13.8 Å². The van der Waals surface area contributed by atoms with Gasteiger partial charge >= 0.3 is 17.9 Å². The number of rotatable bonds is 19. The van der Waals surface area contributed by atoms with E-state index in [0.29, 0.717) is 12.8 Å². The van der Waals surface area contributed by atoms with Crippen LogP contribution in [-0.2, 0) is 28.6 Å². The van der Waals surface area contributed by atoms with Crippen molar-refractivity contribution >= 4 is 17.9 Å². The standard InChI is InChI=1S/C31H58O6/c1-10-11-12-13-14-15-16-17-27(32)35-22-26(37-29(34)19-25(3)21-31(7,8)9)23-36-28(33)18-24(2)20-30(4,5)6/h24-26H,10-23H2,1-9H3. The van der Waals surface area contributed by atoms with Crippen LogP contribution in [0.1, 0.15) is 139 Å². The molecule has 3 unspecified atom stereocenters. The average Bonchev–Trinajstić information content (AvgIpc) is 2.72. The van der Waals surface area contributed by atoms with Gasteiger partial charge in [0.25, 0.3) is 0 Å². The largest absolute Gasteiger partial charge is 0.462 e. The molecular weight excluding hydrogens is 468 g/mol. The lowest BCUT2D eigenvalue weighted by Gasteiger charge is -2.24. The topological polar surface area (TPSA) is 78.9 Å². The maximum absolute atomic E-state index is 12.6. The molecule has 0 fully saturated rings. The fourth-order valence-electron chi connectivity index (χ4n) is 4.88. The van der Waals surface area contributed by atoms with Gasteiger partial charge in [0.05, 0.1) is 0 Å². The van der Waals surface area contributed by atoms with Gasteiger partial charge in [0.15, 0.2) is 6.10 Å². The fraction of sp³-hybridized carbons (Fsp3) is 0.903. The summed E-state index contributed by atoms with van der Waals surface area (Å²) in [6, 6.07) is 0. The molecule has 0 aliphatic rings. The van der Waals surface area contributed by atoms with Crippen LogP contribution in [0.15, 0.2) is 0 Å². The van der Waals surface area contributed by atoms with Gasteiger partial charge in [-0.15, -0.1) is 0 Å². The molecule has 0 rings (SSSR count). The van der Waals surface area contributed by atoms with Crippen molar-refractivity contribution in [2.24, 2.45) is 22.7 Å². The average molecular weight is 527 g/mol. The summed E-state index contributed by atoms with van der Waals surface area (Å²) in [4.78, 5) is 37.2. The molecule has 37 heavy (non-hydrogen) atoms. The zero-order valence-electron chi connectivity index (χ0n) is 25.6. The number of ether oxygens (including phenoxy) is 3. The van der Waals surface area contributed by atoms with Crippen molar-refractivity contribution in [3.63, 3.8) is 0 Å². The second-order valence-electron chi connectivity index (χ2n) is 13.5. The third kappa shape index (κ3) is 23.3. The number of hydrogen-bond donors (Lipinski definition) is 0. The van der Waals surface area contributed by atoms with Gasteiger partial charge in [-0.05, 0) is 41.9 Å². The molecule has 0 aromatic carbocycles. The van der Waals surface area contributed by atoms with Gasteiger partial charge < -0.3 is 14.2 Å². The molecular formula is C31H58O6. The molecule has 6 heteroatoms. The van der Waals surface area contributed by atoms with E-state index < -0.39 is 6.10 Å². The summed E-state index contributed by atoms with van der Waals surface area (Å²) in [5.74, 6) is -0.642. The fourth-order valence-corrected chi connectivity index (χ4v) is 4.88. The van der Waals surface area contributed by atoms with Crippen LogP contribution in [0, 0.1) is 22.7 Å². The minimum absolute atomic E-state index is 0.0977. The van der Waals surface area contributed by atoms with Crippen molar-refractivity contribution in [3.8, 4) is 0 Å². The SMILES string of the molecule is CCCCCCCCCC(=O)OCC(COC(=O)CC(C)CC(C)(C)C)OC(=O)CC(C)CC(C)(C)C. The number of carbonyl (C=O) groups is 3. The first-order valence-corrected chi connectivity index (χ1v) is 14.6.